The van der Waals surface area contributed by atoms with Gasteiger partial charge >= 0.3 is 0 Å². The fourth-order valence-corrected chi connectivity index (χ4v) is 2.58. The highest BCUT2D eigenvalue weighted by molar-refractivity contribution is 5.62. The number of anilines is 2. The second-order valence-electron chi connectivity index (χ2n) is 5.20. The third-order valence-electron chi connectivity index (χ3n) is 3.73. The van der Waals surface area contributed by atoms with Crippen molar-refractivity contribution in [3.63, 3.8) is 0 Å². The zero-order valence-electron chi connectivity index (χ0n) is 11.4. The van der Waals surface area contributed by atoms with Gasteiger partial charge in [0.2, 0.25) is 0 Å². The Hall–Kier alpha value is -1.82. The van der Waals surface area contributed by atoms with Crippen LogP contribution in [0, 0.1) is 10.1 Å². The molecule has 0 saturated carbocycles. The number of likely N-dealkylation sites (tertiary alicyclic amines) is 1. The predicted molar refractivity (Wildman–Crippen MR) is 76.4 cm³/mol. The number of nitro benzene ring substituents is 1. The first-order valence-corrected chi connectivity index (χ1v) is 6.43. The lowest BCUT2D eigenvalue weighted by Gasteiger charge is -2.27. The van der Waals surface area contributed by atoms with E-state index in [0.717, 1.165) is 18.8 Å². The van der Waals surface area contributed by atoms with Crippen LogP contribution in [0.1, 0.15) is 12.8 Å². The summed E-state index contributed by atoms with van der Waals surface area (Å²) >= 11 is 0. The number of nitrogens with two attached hydrogens (primary N) is 1. The minimum atomic E-state index is -0.407. The Kier molecular flexibility index (Phi) is 3.90. The van der Waals surface area contributed by atoms with Crippen molar-refractivity contribution in [1.82, 2.24) is 4.90 Å². The molecule has 1 fully saturated rings. The molecule has 6 heteroatoms. The molecule has 1 aromatic carbocycles. The molecule has 1 saturated heterocycles. The first-order chi connectivity index (χ1) is 8.97. The van der Waals surface area contributed by atoms with Crippen LogP contribution in [0.25, 0.3) is 0 Å². The molecular formula is C13H20N4O2. The van der Waals surface area contributed by atoms with E-state index in [4.69, 9.17) is 5.73 Å². The molecule has 1 aliphatic heterocycles. The lowest BCUT2D eigenvalue weighted by Crippen LogP contribution is -2.36. The van der Waals surface area contributed by atoms with Crippen LogP contribution in [0.2, 0.25) is 0 Å². The number of benzene rings is 1. The molecule has 6 nitrogen and oxygen atoms in total. The zero-order valence-corrected chi connectivity index (χ0v) is 11.4. The molecule has 0 spiro atoms. The summed E-state index contributed by atoms with van der Waals surface area (Å²) in [5.74, 6) is 0. The second-order valence-corrected chi connectivity index (χ2v) is 5.20. The maximum absolute atomic E-state index is 10.8. The summed E-state index contributed by atoms with van der Waals surface area (Å²) < 4.78 is 0. The zero-order chi connectivity index (χ0) is 14.0. The summed E-state index contributed by atoms with van der Waals surface area (Å²) in [6, 6.07) is 5.25. The molecule has 2 N–H and O–H groups in total. The molecule has 1 aliphatic rings. The van der Waals surface area contributed by atoms with Gasteiger partial charge in [-0.3, -0.25) is 10.1 Å². The lowest BCUT2D eigenvalue weighted by atomic mass is 10.2. The fourth-order valence-electron chi connectivity index (χ4n) is 2.58. The average Bonchev–Trinajstić information content (AvgIpc) is 2.74. The summed E-state index contributed by atoms with van der Waals surface area (Å²) in [6.07, 6.45) is 2.39. The standard InChI is InChI=1S/C13H20N4O2/c1-15-5-3-4-11(15)9-16(2)12-6-10(14)7-13(8-12)17(18)19/h6-8,11H,3-5,9,14H2,1-2H3. The number of nitro groups is 1. The van der Waals surface area contributed by atoms with Crippen LogP contribution >= 0.6 is 0 Å². The molecule has 0 aliphatic carbocycles. The van der Waals surface area contributed by atoms with Crippen LogP contribution in [0.4, 0.5) is 17.1 Å². The Balaban J connectivity index is 2.14. The van der Waals surface area contributed by atoms with E-state index >= 15 is 0 Å². The Bertz CT molecular complexity index is 478. The topological polar surface area (TPSA) is 75.6 Å². The van der Waals surface area contributed by atoms with E-state index in [-0.39, 0.29) is 5.69 Å². The molecule has 2 rings (SSSR count). The Labute approximate surface area is 112 Å². The molecular weight excluding hydrogens is 244 g/mol. The Morgan fingerprint density at radius 2 is 2.26 bits per heavy atom. The van der Waals surface area contributed by atoms with E-state index in [9.17, 15) is 10.1 Å². The van der Waals surface area contributed by atoms with Gasteiger partial charge in [-0.1, -0.05) is 0 Å². The highest BCUT2D eigenvalue weighted by Crippen LogP contribution is 2.26. The quantitative estimate of drug-likeness (QED) is 0.509. The summed E-state index contributed by atoms with van der Waals surface area (Å²) in [4.78, 5) is 14.8. The number of hydrogen-bond donors (Lipinski definition) is 1. The maximum Gasteiger partial charge on any atom is 0.273 e. The number of hydrogen-bond acceptors (Lipinski definition) is 5. The van der Waals surface area contributed by atoms with Crippen LogP contribution in [-0.2, 0) is 0 Å². The van der Waals surface area contributed by atoms with Gasteiger partial charge in [-0.15, -0.1) is 0 Å². The van der Waals surface area contributed by atoms with Gasteiger partial charge in [0, 0.05) is 43.1 Å². The third-order valence-corrected chi connectivity index (χ3v) is 3.73. The Morgan fingerprint density at radius 1 is 1.53 bits per heavy atom. The first kappa shape index (κ1) is 13.6. The van der Waals surface area contributed by atoms with Crippen molar-refractivity contribution in [1.29, 1.82) is 0 Å². The number of rotatable bonds is 4. The van der Waals surface area contributed by atoms with Crippen molar-refractivity contribution in [2.24, 2.45) is 0 Å². The van der Waals surface area contributed by atoms with Crippen molar-refractivity contribution in [3.05, 3.63) is 28.3 Å². The summed E-state index contributed by atoms with van der Waals surface area (Å²) in [5.41, 5.74) is 7.00. The number of nitrogen functional groups attached to an aromatic ring is 1. The van der Waals surface area contributed by atoms with E-state index in [1.54, 1.807) is 12.1 Å². The van der Waals surface area contributed by atoms with Gasteiger partial charge in [-0.25, -0.2) is 0 Å². The molecule has 0 radical (unpaired) electrons. The van der Waals surface area contributed by atoms with Crippen molar-refractivity contribution in [3.8, 4) is 0 Å². The second kappa shape index (κ2) is 5.44. The highest BCUT2D eigenvalue weighted by atomic mass is 16.6. The van der Waals surface area contributed by atoms with E-state index in [1.807, 2.05) is 11.9 Å². The van der Waals surface area contributed by atoms with Gasteiger partial charge in [0.25, 0.3) is 5.69 Å². The molecule has 1 atom stereocenters. The molecule has 0 aromatic heterocycles. The molecule has 1 heterocycles. The molecule has 0 amide bonds. The summed E-state index contributed by atoms with van der Waals surface area (Å²) in [7, 11) is 4.07. The highest BCUT2D eigenvalue weighted by Gasteiger charge is 2.22. The number of non-ortho nitro benzene ring substituents is 1. The summed E-state index contributed by atoms with van der Waals surface area (Å²) in [6.45, 7) is 1.98. The van der Waals surface area contributed by atoms with Gasteiger partial charge in [-0.2, -0.15) is 0 Å². The smallest absolute Gasteiger partial charge is 0.273 e. The minimum Gasteiger partial charge on any atom is -0.398 e. The van der Waals surface area contributed by atoms with Gasteiger partial charge < -0.3 is 15.5 Å². The van der Waals surface area contributed by atoms with Crippen molar-refractivity contribution in [2.45, 2.75) is 18.9 Å². The Morgan fingerprint density at radius 3 is 2.84 bits per heavy atom. The third kappa shape index (κ3) is 3.14. The van der Waals surface area contributed by atoms with Crippen LogP contribution < -0.4 is 10.6 Å². The molecule has 0 bridgehead atoms. The monoisotopic (exact) mass is 264 g/mol. The van der Waals surface area contributed by atoms with Crippen LogP contribution in [0.5, 0.6) is 0 Å². The molecule has 1 aromatic rings. The van der Waals surface area contributed by atoms with E-state index in [2.05, 4.69) is 11.9 Å². The van der Waals surface area contributed by atoms with Crippen molar-refractivity contribution < 1.29 is 4.92 Å². The lowest BCUT2D eigenvalue weighted by molar-refractivity contribution is -0.384. The van der Waals surface area contributed by atoms with Crippen molar-refractivity contribution in [2.75, 3.05) is 37.8 Å². The average molecular weight is 264 g/mol. The van der Waals surface area contributed by atoms with E-state index in [0.29, 0.717) is 11.7 Å². The van der Waals surface area contributed by atoms with Gasteiger partial charge in [0.1, 0.15) is 0 Å². The number of likely N-dealkylation sites (N-methyl/N-ethyl adjacent to an activating group) is 2. The fraction of sp³-hybridized carbons (Fsp3) is 0.538. The van der Waals surface area contributed by atoms with Gasteiger partial charge in [0.05, 0.1) is 4.92 Å². The maximum atomic E-state index is 10.8. The van der Waals surface area contributed by atoms with Crippen LogP contribution in [0.3, 0.4) is 0 Å². The molecule has 104 valence electrons. The minimum absolute atomic E-state index is 0.0432. The molecule has 19 heavy (non-hydrogen) atoms. The van der Waals surface area contributed by atoms with E-state index in [1.165, 1.54) is 18.9 Å². The van der Waals surface area contributed by atoms with Gasteiger partial charge in [-0.05, 0) is 32.5 Å². The normalized spacial score (nSPS) is 19.6. The predicted octanol–water partition coefficient (Wildman–Crippen LogP) is 1.71. The first-order valence-electron chi connectivity index (χ1n) is 6.43. The van der Waals surface area contributed by atoms with Gasteiger partial charge in [0.15, 0.2) is 0 Å². The SMILES string of the molecule is CN(CC1CCCN1C)c1cc(N)cc([N+](=O)[O-])c1. The largest absolute Gasteiger partial charge is 0.398 e. The number of nitrogens with zero attached hydrogens (tertiary/aromatic N) is 3. The van der Waals surface area contributed by atoms with Crippen LogP contribution in [0.15, 0.2) is 18.2 Å². The van der Waals surface area contributed by atoms with E-state index < -0.39 is 4.92 Å². The molecule has 1 unspecified atom stereocenters. The van der Waals surface area contributed by atoms with Crippen LogP contribution in [-0.4, -0.2) is 43.0 Å². The van der Waals surface area contributed by atoms with Crippen molar-refractivity contribution >= 4 is 17.1 Å². The summed E-state index contributed by atoms with van der Waals surface area (Å²) in [5, 5.41) is 10.8.